The molecule has 5 nitrogen and oxygen atoms in total. The average Bonchev–Trinajstić information content (AvgIpc) is 2.78. The fourth-order valence-electron chi connectivity index (χ4n) is 2.98. The van der Waals surface area contributed by atoms with Gasteiger partial charge in [0.1, 0.15) is 5.75 Å². The number of pyridine rings is 1. The molecule has 0 atom stereocenters. The van der Waals surface area contributed by atoms with Crippen LogP contribution in [0.1, 0.15) is 18.1 Å². The van der Waals surface area contributed by atoms with Crippen molar-refractivity contribution in [3.8, 4) is 11.5 Å². The lowest BCUT2D eigenvalue weighted by molar-refractivity contribution is -0.126. The summed E-state index contributed by atoms with van der Waals surface area (Å²) in [7, 11) is 3.98. The molecule has 0 radical (unpaired) electrons. The molecule has 1 heterocycles. The molecule has 3 aromatic rings. The van der Waals surface area contributed by atoms with Crippen LogP contribution < -0.4 is 9.64 Å². The summed E-state index contributed by atoms with van der Waals surface area (Å²) in [6.07, 6.45) is 6.21. The number of anilines is 1. The maximum atomic E-state index is 14.4. The van der Waals surface area contributed by atoms with Gasteiger partial charge in [0, 0.05) is 45.1 Å². The number of benzene rings is 2. The minimum atomic E-state index is -0.508. The van der Waals surface area contributed by atoms with Crippen LogP contribution in [-0.4, -0.2) is 36.4 Å². The number of likely N-dealkylation sites (N-methyl/N-ethyl adjacent to an activating group) is 1. The van der Waals surface area contributed by atoms with E-state index in [0.717, 1.165) is 11.3 Å². The number of halogens is 1. The molecule has 1 aromatic heterocycles. The predicted molar refractivity (Wildman–Crippen MR) is 122 cm³/mol. The highest BCUT2D eigenvalue weighted by molar-refractivity contribution is 5.91. The Morgan fingerprint density at radius 3 is 2.52 bits per heavy atom. The first kappa shape index (κ1) is 22.0. The van der Waals surface area contributed by atoms with E-state index in [4.69, 9.17) is 4.74 Å². The molecule has 0 saturated carbocycles. The molecule has 0 N–H and O–H groups in total. The van der Waals surface area contributed by atoms with Gasteiger partial charge in [-0.2, -0.15) is 0 Å². The first-order valence-electron chi connectivity index (χ1n) is 10.1. The number of nitrogens with zero attached hydrogens (tertiary/aromatic N) is 3. The molecule has 3 rings (SSSR count). The van der Waals surface area contributed by atoms with Crippen molar-refractivity contribution in [2.45, 2.75) is 13.5 Å². The smallest absolute Gasteiger partial charge is 0.246 e. The quantitative estimate of drug-likeness (QED) is 0.474. The third-order valence-electron chi connectivity index (χ3n) is 4.76. The predicted octanol–water partition coefficient (Wildman–Crippen LogP) is 5.14. The highest BCUT2D eigenvalue weighted by Gasteiger charge is 2.10. The van der Waals surface area contributed by atoms with E-state index in [1.165, 1.54) is 24.4 Å². The number of carbonyl (C=O) groups is 1. The summed E-state index contributed by atoms with van der Waals surface area (Å²) in [4.78, 5) is 20.3. The maximum absolute atomic E-state index is 14.4. The maximum Gasteiger partial charge on any atom is 0.246 e. The average molecular weight is 420 g/mol. The van der Waals surface area contributed by atoms with Gasteiger partial charge < -0.3 is 14.5 Å². The Labute approximate surface area is 182 Å². The molecule has 0 aliphatic carbocycles. The van der Waals surface area contributed by atoms with E-state index in [2.05, 4.69) is 4.98 Å². The Morgan fingerprint density at radius 1 is 1.13 bits per heavy atom. The Hall–Kier alpha value is -3.67. The second-order valence-corrected chi connectivity index (χ2v) is 7.23. The van der Waals surface area contributed by atoms with Crippen molar-refractivity contribution in [2.75, 3.05) is 25.5 Å². The number of hydrogen-bond donors (Lipinski definition) is 0. The number of carbonyl (C=O) groups excluding carboxylic acids is 1. The van der Waals surface area contributed by atoms with Gasteiger partial charge in [-0.1, -0.05) is 18.2 Å². The van der Waals surface area contributed by atoms with Gasteiger partial charge in [-0.15, -0.1) is 0 Å². The van der Waals surface area contributed by atoms with Crippen LogP contribution in [0.25, 0.3) is 6.08 Å². The summed E-state index contributed by atoms with van der Waals surface area (Å²) in [5.74, 6) is -0.0769. The highest BCUT2D eigenvalue weighted by Crippen LogP contribution is 2.25. The van der Waals surface area contributed by atoms with Crippen LogP contribution in [-0.2, 0) is 11.3 Å². The molecule has 0 fully saturated rings. The zero-order valence-corrected chi connectivity index (χ0v) is 18.0. The molecule has 2 aromatic carbocycles. The van der Waals surface area contributed by atoms with Crippen molar-refractivity contribution in [3.05, 3.63) is 90.0 Å². The number of aromatic nitrogens is 1. The Balaban J connectivity index is 1.64. The van der Waals surface area contributed by atoms with Crippen LogP contribution in [0.15, 0.2) is 73.1 Å². The summed E-state index contributed by atoms with van der Waals surface area (Å²) < 4.78 is 19.9. The van der Waals surface area contributed by atoms with Crippen molar-refractivity contribution >= 4 is 17.7 Å². The highest BCUT2D eigenvalue weighted by atomic mass is 19.1. The molecule has 0 unspecified atom stereocenters. The Morgan fingerprint density at radius 2 is 1.90 bits per heavy atom. The largest absolute Gasteiger partial charge is 0.453 e. The van der Waals surface area contributed by atoms with Crippen molar-refractivity contribution in [1.82, 2.24) is 9.88 Å². The zero-order valence-electron chi connectivity index (χ0n) is 18.0. The molecule has 31 heavy (non-hydrogen) atoms. The minimum absolute atomic E-state index is 0.104. The van der Waals surface area contributed by atoms with Gasteiger partial charge >= 0.3 is 0 Å². The van der Waals surface area contributed by atoms with E-state index >= 15 is 0 Å². The lowest BCUT2D eigenvalue weighted by Crippen LogP contribution is -2.28. The van der Waals surface area contributed by atoms with Crippen molar-refractivity contribution < 1.29 is 13.9 Å². The summed E-state index contributed by atoms with van der Waals surface area (Å²) in [6, 6.07) is 16.1. The van der Waals surface area contributed by atoms with Gasteiger partial charge in [0.05, 0.1) is 6.20 Å². The van der Waals surface area contributed by atoms with Crippen LogP contribution in [0.2, 0.25) is 0 Å². The van der Waals surface area contributed by atoms with E-state index in [1.54, 1.807) is 35.4 Å². The van der Waals surface area contributed by atoms with E-state index in [0.29, 0.717) is 24.4 Å². The molecule has 0 spiro atoms. The summed E-state index contributed by atoms with van der Waals surface area (Å²) in [5.41, 5.74) is 2.74. The molecular formula is C25H26FN3O2. The first-order chi connectivity index (χ1) is 15.0. The molecule has 0 saturated heterocycles. The van der Waals surface area contributed by atoms with Crippen LogP contribution >= 0.6 is 0 Å². The van der Waals surface area contributed by atoms with Gasteiger partial charge in [0.25, 0.3) is 0 Å². The van der Waals surface area contributed by atoms with Gasteiger partial charge in [0.15, 0.2) is 11.6 Å². The van der Waals surface area contributed by atoms with Crippen LogP contribution in [0.5, 0.6) is 11.5 Å². The zero-order chi connectivity index (χ0) is 22.2. The number of amides is 1. The second-order valence-electron chi connectivity index (χ2n) is 7.23. The van der Waals surface area contributed by atoms with Gasteiger partial charge in [-0.25, -0.2) is 4.39 Å². The van der Waals surface area contributed by atoms with Gasteiger partial charge in [-0.3, -0.25) is 9.78 Å². The number of ether oxygens (including phenoxy) is 1. The van der Waals surface area contributed by atoms with Crippen LogP contribution in [0.3, 0.4) is 0 Å². The molecule has 1 amide bonds. The van der Waals surface area contributed by atoms with Gasteiger partial charge in [-0.05, 0) is 60.5 Å². The molecular weight excluding hydrogens is 393 g/mol. The Kier molecular flexibility index (Phi) is 7.38. The minimum Gasteiger partial charge on any atom is -0.453 e. The third kappa shape index (κ3) is 6.15. The topological polar surface area (TPSA) is 45.7 Å². The lowest BCUT2D eigenvalue weighted by atomic mass is 10.1. The van der Waals surface area contributed by atoms with E-state index in [-0.39, 0.29) is 11.7 Å². The van der Waals surface area contributed by atoms with E-state index < -0.39 is 5.82 Å². The van der Waals surface area contributed by atoms with Crippen LogP contribution in [0, 0.1) is 5.82 Å². The molecule has 0 aliphatic heterocycles. The fourth-order valence-corrected chi connectivity index (χ4v) is 2.98. The van der Waals surface area contributed by atoms with E-state index in [9.17, 15) is 9.18 Å². The summed E-state index contributed by atoms with van der Waals surface area (Å²) in [6.45, 7) is 3.02. The molecule has 6 heteroatoms. The Bertz CT molecular complexity index is 1030. The lowest BCUT2D eigenvalue weighted by Gasteiger charge is -2.20. The van der Waals surface area contributed by atoms with Crippen LogP contribution in [0.4, 0.5) is 10.1 Å². The molecule has 160 valence electrons. The number of hydrogen-bond acceptors (Lipinski definition) is 4. The standard InChI is InChI=1S/C25H26FN3O2/c1-4-29(18-20-7-11-21(12-8-20)28(2)3)25(30)14-10-19-9-13-24(23(26)16-19)31-22-6-5-15-27-17-22/h5-17H,4,18H2,1-3H3/b14-10+. The third-order valence-corrected chi connectivity index (χ3v) is 4.76. The van der Waals surface area contributed by atoms with Crippen molar-refractivity contribution in [1.29, 1.82) is 0 Å². The molecule has 0 aliphatic rings. The summed E-state index contributed by atoms with van der Waals surface area (Å²) >= 11 is 0. The van der Waals surface area contributed by atoms with Crippen molar-refractivity contribution in [3.63, 3.8) is 0 Å². The SMILES string of the molecule is CCN(Cc1ccc(N(C)C)cc1)C(=O)/C=C/c1ccc(Oc2cccnc2)c(F)c1. The normalized spacial score (nSPS) is 10.8. The van der Waals surface area contributed by atoms with Crippen molar-refractivity contribution in [2.24, 2.45) is 0 Å². The second kappa shape index (κ2) is 10.4. The van der Waals surface area contributed by atoms with E-state index in [1.807, 2.05) is 50.2 Å². The number of rotatable bonds is 8. The summed E-state index contributed by atoms with van der Waals surface area (Å²) in [5, 5.41) is 0. The molecule has 0 bridgehead atoms. The van der Waals surface area contributed by atoms with Gasteiger partial charge in [0.2, 0.25) is 5.91 Å². The fraction of sp³-hybridized carbons (Fsp3) is 0.200. The first-order valence-corrected chi connectivity index (χ1v) is 10.1. The monoisotopic (exact) mass is 419 g/mol.